The second-order valence-corrected chi connectivity index (χ2v) is 6.57. The van der Waals surface area contributed by atoms with Crippen LogP contribution >= 0.6 is 23.7 Å². The van der Waals surface area contributed by atoms with Gasteiger partial charge >= 0.3 is 0 Å². The molecule has 1 N–H and O–H groups in total. The van der Waals surface area contributed by atoms with Crippen LogP contribution in [0, 0.1) is 6.92 Å². The molecule has 0 amide bonds. The van der Waals surface area contributed by atoms with E-state index in [1.807, 2.05) is 7.05 Å². The zero-order valence-electron chi connectivity index (χ0n) is 12.1. The van der Waals surface area contributed by atoms with Crippen LogP contribution in [0.1, 0.15) is 31.3 Å². The molecule has 0 unspecified atom stereocenters. The van der Waals surface area contributed by atoms with Gasteiger partial charge in [0.25, 0.3) is 0 Å². The third-order valence-electron chi connectivity index (χ3n) is 2.79. The second-order valence-electron chi connectivity index (χ2n) is 5.57. The number of thiazole rings is 1. The molecule has 0 bridgehead atoms. The van der Waals surface area contributed by atoms with Gasteiger partial charge < -0.3 is 5.32 Å². The lowest BCUT2D eigenvalue weighted by Gasteiger charge is -2.13. The first-order valence-electron chi connectivity index (χ1n) is 6.18. The highest BCUT2D eigenvalue weighted by Gasteiger charge is 2.21. The van der Waals surface area contributed by atoms with Crippen LogP contribution in [0.25, 0.3) is 11.3 Å². The van der Waals surface area contributed by atoms with Gasteiger partial charge in [0.15, 0.2) is 0 Å². The minimum absolute atomic E-state index is 0. The topological polar surface area (TPSA) is 24.9 Å². The van der Waals surface area contributed by atoms with Crippen molar-refractivity contribution in [2.75, 3.05) is 12.4 Å². The fourth-order valence-electron chi connectivity index (χ4n) is 1.80. The van der Waals surface area contributed by atoms with Gasteiger partial charge in [0.1, 0.15) is 15.7 Å². The lowest BCUT2D eigenvalue weighted by atomic mass is 9.98. The van der Waals surface area contributed by atoms with Crippen LogP contribution in [0.5, 0.6) is 0 Å². The van der Waals surface area contributed by atoms with Gasteiger partial charge in [-0.3, -0.25) is 0 Å². The fourth-order valence-corrected chi connectivity index (χ4v) is 2.80. The van der Waals surface area contributed by atoms with E-state index in [4.69, 9.17) is 4.98 Å². The Morgan fingerprint density at radius 3 is 2.42 bits per heavy atom. The maximum absolute atomic E-state index is 4.82. The Labute approximate surface area is 125 Å². The molecule has 0 fully saturated rings. The Bertz CT molecular complexity index is 556. The standard InChI is InChI=1S/C15H20N2S.ClH/c1-10-7-6-8-11(9-10)12-13(16-5)18-14(17-12)15(2,3)4;/h6-9,16H,1-5H3;1H. The number of aromatic nitrogens is 1. The number of aryl methyl sites for hydroxylation is 1. The van der Waals surface area contributed by atoms with Crippen molar-refractivity contribution in [2.24, 2.45) is 0 Å². The van der Waals surface area contributed by atoms with Crippen LogP contribution in [0.2, 0.25) is 0 Å². The lowest BCUT2D eigenvalue weighted by molar-refractivity contribution is 0.586. The number of nitrogens with zero attached hydrogens (tertiary/aromatic N) is 1. The van der Waals surface area contributed by atoms with Gasteiger partial charge in [0.2, 0.25) is 0 Å². The van der Waals surface area contributed by atoms with Gasteiger partial charge in [0, 0.05) is 18.0 Å². The fraction of sp³-hybridized carbons (Fsp3) is 0.400. The molecule has 4 heteroatoms. The lowest BCUT2D eigenvalue weighted by Crippen LogP contribution is -2.10. The first-order valence-corrected chi connectivity index (χ1v) is 6.99. The summed E-state index contributed by atoms with van der Waals surface area (Å²) in [6, 6.07) is 8.50. The summed E-state index contributed by atoms with van der Waals surface area (Å²) in [5.41, 5.74) is 3.61. The quantitative estimate of drug-likeness (QED) is 0.854. The van der Waals surface area contributed by atoms with Crippen LogP contribution in [0.15, 0.2) is 24.3 Å². The summed E-state index contributed by atoms with van der Waals surface area (Å²) < 4.78 is 0. The Morgan fingerprint density at radius 2 is 1.89 bits per heavy atom. The Hall–Kier alpha value is -1.06. The molecular weight excluding hydrogens is 276 g/mol. The molecule has 0 aliphatic heterocycles. The number of hydrogen-bond acceptors (Lipinski definition) is 3. The molecule has 104 valence electrons. The number of nitrogens with one attached hydrogen (secondary N) is 1. The first-order chi connectivity index (χ1) is 8.41. The van der Waals surface area contributed by atoms with Crippen molar-refractivity contribution >= 4 is 28.7 Å². The molecule has 0 saturated carbocycles. The highest BCUT2D eigenvalue weighted by molar-refractivity contribution is 7.16. The zero-order chi connectivity index (χ0) is 13.3. The molecule has 2 rings (SSSR count). The van der Waals surface area contributed by atoms with Crippen LogP contribution in [0.4, 0.5) is 5.00 Å². The van der Waals surface area contributed by atoms with Crippen LogP contribution in [-0.2, 0) is 5.41 Å². The molecule has 0 saturated heterocycles. The molecule has 1 aromatic heterocycles. The molecule has 19 heavy (non-hydrogen) atoms. The minimum Gasteiger partial charge on any atom is -0.378 e. The largest absolute Gasteiger partial charge is 0.378 e. The molecule has 0 aliphatic rings. The predicted octanol–water partition coefficient (Wildman–Crippen LogP) is 4.88. The van der Waals surface area contributed by atoms with Crippen molar-refractivity contribution in [1.29, 1.82) is 0 Å². The van der Waals surface area contributed by atoms with Gasteiger partial charge in [-0.25, -0.2) is 4.98 Å². The molecule has 0 radical (unpaired) electrons. The van der Waals surface area contributed by atoms with Gasteiger partial charge in [-0.1, -0.05) is 44.5 Å². The van der Waals surface area contributed by atoms with Crippen molar-refractivity contribution in [3.8, 4) is 11.3 Å². The smallest absolute Gasteiger partial charge is 0.117 e. The van der Waals surface area contributed by atoms with E-state index in [9.17, 15) is 0 Å². The summed E-state index contributed by atoms with van der Waals surface area (Å²) >= 11 is 1.74. The van der Waals surface area contributed by atoms with Crippen LogP contribution < -0.4 is 5.32 Å². The van der Waals surface area contributed by atoms with E-state index in [-0.39, 0.29) is 17.8 Å². The molecule has 0 aliphatic carbocycles. The molecule has 2 aromatic rings. The number of anilines is 1. The third kappa shape index (κ3) is 3.48. The summed E-state index contributed by atoms with van der Waals surface area (Å²) in [7, 11) is 1.96. The number of halogens is 1. The summed E-state index contributed by atoms with van der Waals surface area (Å²) in [5.74, 6) is 0. The van der Waals surface area contributed by atoms with Crippen molar-refractivity contribution in [2.45, 2.75) is 33.1 Å². The molecular formula is C15H21ClN2S. The van der Waals surface area contributed by atoms with Crippen molar-refractivity contribution < 1.29 is 0 Å². The van der Waals surface area contributed by atoms with Crippen molar-refractivity contribution in [1.82, 2.24) is 4.98 Å². The summed E-state index contributed by atoms with van der Waals surface area (Å²) in [6.45, 7) is 8.71. The van der Waals surface area contributed by atoms with E-state index in [0.29, 0.717) is 0 Å². The minimum atomic E-state index is 0. The van der Waals surface area contributed by atoms with E-state index in [2.05, 4.69) is 57.3 Å². The highest BCUT2D eigenvalue weighted by Crippen LogP contribution is 2.37. The maximum Gasteiger partial charge on any atom is 0.117 e. The Morgan fingerprint density at radius 1 is 1.21 bits per heavy atom. The van der Waals surface area contributed by atoms with E-state index >= 15 is 0 Å². The van der Waals surface area contributed by atoms with Gasteiger partial charge in [-0.15, -0.1) is 23.7 Å². The van der Waals surface area contributed by atoms with E-state index in [0.717, 1.165) is 10.7 Å². The molecule has 2 nitrogen and oxygen atoms in total. The van der Waals surface area contributed by atoms with Crippen molar-refractivity contribution in [3.05, 3.63) is 34.8 Å². The third-order valence-corrected chi connectivity index (χ3v) is 4.29. The van der Waals surface area contributed by atoms with Crippen LogP contribution in [-0.4, -0.2) is 12.0 Å². The van der Waals surface area contributed by atoms with Gasteiger partial charge in [-0.05, 0) is 13.0 Å². The number of rotatable bonds is 2. The van der Waals surface area contributed by atoms with E-state index in [1.54, 1.807) is 11.3 Å². The molecule has 1 heterocycles. The normalized spacial score (nSPS) is 11.0. The van der Waals surface area contributed by atoms with E-state index < -0.39 is 0 Å². The number of benzene rings is 1. The van der Waals surface area contributed by atoms with Crippen LogP contribution in [0.3, 0.4) is 0 Å². The summed E-state index contributed by atoms with van der Waals surface area (Å²) in [6.07, 6.45) is 0. The average Bonchev–Trinajstić information content (AvgIpc) is 2.72. The first kappa shape index (κ1) is 16.0. The van der Waals surface area contributed by atoms with Gasteiger partial charge in [0.05, 0.1) is 0 Å². The monoisotopic (exact) mass is 296 g/mol. The van der Waals surface area contributed by atoms with Gasteiger partial charge in [-0.2, -0.15) is 0 Å². The summed E-state index contributed by atoms with van der Waals surface area (Å²) in [4.78, 5) is 4.82. The maximum atomic E-state index is 4.82. The Kier molecular flexibility index (Phi) is 4.99. The Balaban J connectivity index is 0.00000180. The van der Waals surface area contributed by atoms with E-state index in [1.165, 1.54) is 16.1 Å². The predicted molar refractivity (Wildman–Crippen MR) is 87.8 cm³/mol. The second kappa shape index (κ2) is 5.93. The highest BCUT2D eigenvalue weighted by atomic mass is 35.5. The molecule has 0 atom stereocenters. The number of hydrogen-bond donors (Lipinski definition) is 1. The molecule has 0 spiro atoms. The molecule has 1 aromatic carbocycles. The average molecular weight is 297 g/mol. The summed E-state index contributed by atoms with van der Waals surface area (Å²) in [5, 5.41) is 5.58. The van der Waals surface area contributed by atoms with Crippen molar-refractivity contribution in [3.63, 3.8) is 0 Å². The zero-order valence-corrected chi connectivity index (χ0v) is 13.7. The SMILES string of the molecule is CNc1sc(C(C)(C)C)nc1-c1cccc(C)c1.Cl.